The van der Waals surface area contributed by atoms with E-state index in [1.165, 1.54) is 6.07 Å². The lowest BCUT2D eigenvalue weighted by atomic mass is 10.2. The topological polar surface area (TPSA) is 115 Å². The molecule has 1 aliphatic heterocycles. The van der Waals surface area contributed by atoms with E-state index in [-0.39, 0.29) is 30.3 Å². The molecule has 2 rings (SSSR count). The van der Waals surface area contributed by atoms with Crippen LogP contribution in [-0.2, 0) is 4.74 Å². The van der Waals surface area contributed by atoms with E-state index in [1.54, 1.807) is 6.07 Å². The lowest BCUT2D eigenvalue weighted by Gasteiger charge is -2.38. The highest BCUT2D eigenvalue weighted by Crippen LogP contribution is 2.25. The lowest BCUT2D eigenvalue weighted by molar-refractivity contribution is -0.384. The van der Waals surface area contributed by atoms with Crippen LogP contribution in [0.5, 0.6) is 0 Å². The molecule has 0 saturated carbocycles. The number of nitrogens with zero attached hydrogens (tertiary/aromatic N) is 3. The van der Waals surface area contributed by atoms with Crippen molar-refractivity contribution in [1.82, 2.24) is 4.98 Å². The highest BCUT2D eigenvalue weighted by Gasteiger charge is 2.27. The van der Waals surface area contributed by atoms with Gasteiger partial charge < -0.3 is 20.5 Å². The summed E-state index contributed by atoms with van der Waals surface area (Å²) in [5.41, 5.74) is 5.38. The summed E-state index contributed by atoms with van der Waals surface area (Å²) in [6.45, 7) is 2.81. The van der Waals surface area contributed by atoms with Crippen molar-refractivity contribution in [2.45, 2.75) is 19.1 Å². The Hall–Kier alpha value is -1.93. The van der Waals surface area contributed by atoms with Crippen LogP contribution in [0.4, 0.5) is 17.3 Å². The minimum atomic E-state index is -0.564. The Kier molecular flexibility index (Phi) is 3.82. The first-order valence-electron chi connectivity index (χ1n) is 5.93. The van der Waals surface area contributed by atoms with Gasteiger partial charge in [-0.1, -0.05) is 0 Å². The van der Waals surface area contributed by atoms with Gasteiger partial charge in [0.2, 0.25) is 5.82 Å². The normalized spacial score (nSPS) is 23.4. The molecule has 0 amide bonds. The van der Waals surface area contributed by atoms with Crippen LogP contribution in [-0.4, -0.2) is 46.9 Å². The minimum absolute atomic E-state index is 0.0659. The van der Waals surface area contributed by atoms with E-state index in [2.05, 4.69) is 4.98 Å². The molecule has 8 heteroatoms. The molecule has 1 fully saturated rings. The van der Waals surface area contributed by atoms with Crippen LogP contribution in [0.15, 0.2) is 12.1 Å². The molecule has 2 unspecified atom stereocenters. The number of nitrogen functional groups attached to an aromatic ring is 1. The quantitative estimate of drug-likeness (QED) is 0.592. The van der Waals surface area contributed by atoms with Gasteiger partial charge in [0.15, 0.2) is 0 Å². The van der Waals surface area contributed by atoms with E-state index in [9.17, 15) is 10.1 Å². The molecule has 1 aromatic rings. The van der Waals surface area contributed by atoms with Crippen molar-refractivity contribution in [3.63, 3.8) is 0 Å². The molecular formula is C11H16N4O4. The van der Waals surface area contributed by atoms with Crippen LogP contribution in [0, 0.1) is 10.1 Å². The highest BCUT2D eigenvalue weighted by atomic mass is 16.6. The van der Waals surface area contributed by atoms with E-state index in [1.807, 2.05) is 11.8 Å². The molecule has 0 spiro atoms. The molecule has 2 atom stereocenters. The predicted molar refractivity (Wildman–Crippen MR) is 68.9 cm³/mol. The number of aromatic nitrogens is 1. The zero-order chi connectivity index (χ0) is 14.0. The Morgan fingerprint density at radius 2 is 2.42 bits per heavy atom. The number of hydrogen-bond donors (Lipinski definition) is 2. The molecule has 1 aliphatic rings. The Bertz CT molecular complexity index is 482. The Morgan fingerprint density at radius 1 is 1.68 bits per heavy atom. The van der Waals surface area contributed by atoms with Gasteiger partial charge in [0, 0.05) is 12.6 Å². The number of aliphatic hydroxyl groups is 1. The number of aliphatic hydroxyl groups excluding tert-OH is 1. The van der Waals surface area contributed by atoms with Gasteiger partial charge in [-0.15, -0.1) is 0 Å². The van der Waals surface area contributed by atoms with Crippen molar-refractivity contribution < 1.29 is 14.8 Å². The number of nitrogens with two attached hydrogens (primary N) is 1. The van der Waals surface area contributed by atoms with Crippen LogP contribution >= 0.6 is 0 Å². The fourth-order valence-electron chi connectivity index (χ4n) is 2.02. The van der Waals surface area contributed by atoms with Crippen LogP contribution in [0.2, 0.25) is 0 Å². The molecule has 0 aromatic carbocycles. The van der Waals surface area contributed by atoms with Gasteiger partial charge in [-0.05, 0) is 13.0 Å². The largest absolute Gasteiger partial charge is 0.394 e. The van der Waals surface area contributed by atoms with Crippen LogP contribution in [0.1, 0.15) is 6.92 Å². The van der Waals surface area contributed by atoms with Gasteiger partial charge in [-0.3, -0.25) is 10.1 Å². The van der Waals surface area contributed by atoms with Gasteiger partial charge in [0.1, 0.15) is 5.82 Å². The smallest absolute Gasteiger partial charge is 0.311 e. The molecular weight excluding hydrogens is 252 g/mol. The number of rotatable bonds is 3. The zero-order valence-corrected chi connectivity index (χ0v) is 10.5. The second-order valence-electron chi connectivity index (χ2n) is 4.47. The maximum Gasteiger partial charge on any atom is 0.311 e. The van der Waals surface area contributed by atoms with E-state index in [4.69, 9.17) is 15.6 Å². The number of hydrogen-bond acceptors (Lipinski definition) is 7. The molecule has 2 heterocycles. The monoisotopic (exact) mass is 268 g/mol. The van der Waals surface area contributed by atoms with E-state index in [0.717, 1.165) is 0 Å². The van der Waals surface area contributed by atoms with Gasteiger partial charge >= 0.3 is 5.69 Å². The van der Waals surface area contributed by atoms with Crippen LogP contribution < -0.4 is 10.6 Å². The predicted octanol–water partition coefficient (Wildman–Crippen LogP) is 0.158. The van der Waals surface area contributed by atoms with Crippen molar-refractivity contribution >= 4 is 17.3 Å². The summed E-state index contributed by atoms with van der Waals surface area (Å²) >= 11 is 0. The van der Waals surface area contributed by atoms with Gasteiger partial charge in [-0.2, -0.15) is 0 Å². The summed E-state index contributed by atoms with van der Waals surface area (Å²) in [6.07, 6.45) is -0.283. The highest BCUT2D eigenvalue weighted by molar-refractivity contribution is 5.58. The standard InChI is InChI=1S/C11H16N4O4/c1-7-6-19-8(5-16)4-14(7)10-3-2-9(15(17)18)11(12)13-10/h2-3,7-8,16H,4-6H2,1H3,(H2,12,13). The van der Waals surface area contributed by atoms with E-state index < -0.39 is 4.92 Å². The molecule has 104 valence electrons. The maximum absolute atomic E-state index is 10.7. The first-order valence-corrected chi connectivity index (χ1v) is 5.93. The third-order valence-electron chi connectivity index (χ3n) is 3.09. The number of morpholine rings is 1. The van der Waals surface area contributed by atoms with Gasteiger partial charge in [0.25, 0.3) is 0 Å². The average Bonchev–Trinajstić information content (AvgIpc) is 2.38. The molecule has 1 saturated heterocycles. The number of anilines is 2. The summed E-state index contributed by atoms with van der Waals surface area (Å²) in [6, 6.07) is 2.97. The first kappa shape index (κ1) is 13.5. The Morgan fingerprint density at radius 3 is 3.00 bits per heavy atom. The fraction of sp³-hybridized carbons (Fsp3) is 0.545. The van der Waals surface area contributed by atoms with Crippen LogP contribution in [0.3, 0.4) is 0 Å². The van der Waals surface area contributed by atoms with Crippen molar-refractivity contribution in [1.29, 1.82) is 0 Å². The van der Waals surface area contributed by atoms with Crippen molar-refractivity contribution in [3.8, 4) is 0 Å². The molecule has 0 radical (unpaired) electrons. The summed E-state index contributed by atoms with van der Waals surface area (Å²) in [4.78, 5) is 16.1. The van der Waals surface area contributed by atoms with Gasteiger partial charge in [-0.25, -0.2) is 4.98 Å². The second-order valence-corrected chi connectivity index (χ2v) is 4.47. The summed E-state index contributed by atoms with van der Waals surface area (Å²) < 4.78 is 5.42. The average molecular weight is 268 g/mol. The molecule has 19 heavy (non-hydrogen) atoms. The summed E-state index contributed by atoms with van der Waals surface area (Å²) in [5.74, 6) is 0.444. The van der Waals surface area contributed by atoms with Crippen molar-refractivity contribution in [2.75, 3.05) is 30.4 Å². The maximum atomic E-state index is 10.7. The first-order chi connectivity index (χ1) is 9.02. The second kappa shape index (κ2) is 5.37. The fourth-order valence-corrected chi connectivity index (χ4v) is 2.02. The Labute approximate surface area is 109 Å². The lowest BCUT2D eigenvalue weighted by Crippen LogP contribution is -2.50. The van der Waals surface area contributed by atoms with Crippen molar-refractivity contribution in [3.05, 3.63) is 22.2 Å². The molecule has 0 bridgehead atoms. The third-order valence-corrected chi connectivity index (χ3v) is 3.09. The molecule has 0 aliphatic carbocycles. The minimum Gasteiger partial charge on any atom is -0.394 e. The van der Waals surface area contributed by atoms with Crippen molar-refractivity contribution in [2.24, 2.45) is 0 Å². The molecule has 8 nitrogen and oxygen atoms in total. The molecule has 1 aromatic heterocycles. The third kappa shape index (κ3) is 2.74. The SMILES string of the molecule is CC1COC(CO)CN1c1ccc([N+](=O)[O-])c(N)n1. The van der Waals surface area contributed by atoms with Crippen LogP contribution in [0.25, 0.3) is 0 Å². The van der Waals surface area contributed by atoms with E-state index >= 15 is 0 Å². The Balaban J connectivity index is 2.25. The number of ether oxygens (including phenoxy) is 1. The number of pyridine rings is 1. The summed E-state index contributed by atoms with van der Waals surface area (Å²) in [5, 5.41) is 19.8. The van der Waals surface area contributed by atoms with Gasteiger partial charge in [0.05, 0.1) is 30.3 Å². The number of nitro groups is 1. The molecule has 3 N–H and O–H groups in total. The summed E-state index contributed by atoms with van der Waals surface area (Å²) in [7, 11) is 0. The zero-order valence-electron chi connectivity index (χ0n) is 10.5. The van der Waals surface area contributed by atoms with E-state index in [0.29, 0.717) is 19.0 Å².